The maximum absolute atomic E-state index is 13.3. The first-order valence-electron chi connectivity index (χ1n) is 10.1. The zero-order valence-electron chi connectivity index (χ0n) is 16.3. The van der Waals surface area contributed by atoms with Crippen LogP contribution in [-0.2, 0) is 16.1 Å². The van der Waals surface area contributed by atoms with Gasteiger partial charge in [0.1, 0.15) is 0 Å². The Morgan fingerprint density at radius 2 is 1.60 bits per heavy atom. The van der Waals surface area contributed by atoms with Gasteiger partial charge in [-0.15, -0.1) is 11.3 Å². The van der Waals surface area contributed by atoms with Gasteiger partial charge in [0.05, 0.1) is 31.8 Å². The van der Waals surface area contributed by atoms with E-state index in [1.807, 2.05) is 24.3 Å². The van der Waals surface area contributed by atoms with E-state index in [0.717, 1.165) is 34.5 Å². The van der Waals surface area contributed by atoms with Crippen LogP contribution >= 0.6 is 11.3 Å². The van der Waals surface area contributed by atoms with Crippen LogP contribution in [0.15, 0.2) is 48.5 Å². The Labute approximate surface area is 177 Å². The molecule has 3 aromatic rings. The number of carbonyl (C=O) groups excluding carboxylic acids is 3. The standard InChI is InChI=1S/C23H20N2O4S/c26-20-15-8-2-3-9-16(15)21(27)25(20)29-22(28)23(12-6-1-7-13-23)14-19-24-17-10-4-5-11-18(17)30-19/h2-5,8-11H,1,6-7,12-14H2. The maximum Gasteiger partial charge on any atom is 0.339 e. The minimum Gasteiger partial charge on any atom is -0.329 e. The molecule has 1 saturated carbocycles. The van der Waals surface area contributed by atoms with E-state index in [0.29, 0.717) is 24.3 Å². The Morgan fingerprint density at radius 1 is 0.967 bits per heavy atom. The van der Waals surface area contributed by atoms with Gasteiger partial charge in [-0.3, -0.25) is 9.59 Å². The fraction of sp³-hybridized carbons (Fsp3) is 0.304. The summed E-state index contributed by atoms with van der Waals surface area (Å²) in [4.78, 5) is 48.8. The van der Waals surface area contributed by atoms with E-state index in [4.69, 9.17) is 9.82 Å². The van der Waals surface area contributed by atoms with Crippen molar-refractivity contribution >= 4 is 39.3 Å². The second kappa shape index (κ2) is 7.32. The SMILES string of the molecule is O=C1c2ccccc2C(=O)N1OC(=O)C1(Cc2nc3ccccc3s2)CCCCC1. The number of carbonyl (C=O) groups is 3. The van der Waals surface area contributed by atoms with Crippen molar-refractivity contribution in [1.29, 1.82) is 0 Å². The van der Waals surface area contributed by atoms with Crippen molar-refractivity contribution in [2.24, 2.45) is 5.41 Å². The molecule has 0 radical (unpaired) electrons. The van der Waals surface area contributed by atoms with Crippen LogP contribution < -0.4 is 0 Å². The van der Waals surface area contributed by atoms with Gasteiger partial charge in [-0.25, -0.2) is 9.78 Å². The van der Waals surface area contributed by atoms with Gasteiger partial charge in [0.25, 0.3) is 11.8 Å². The van der Waals surface area contributed by atoms with Crippen LogP contribution in [0.3, 0.4) is 0 Å². The van der Waals surface area contributed by atoms with Gasteiger partial charge in [0.2, 0.25) is 0 Å². The number of fused-ring (bicyclic) bond motifs is 2. The number of hydrogen-bond acceptors (Lipinski definition) is 6. The largest absolute Gasteiger partial charge is 0.339 e. The van der Waals surface area contributed by atoms with Crippen molar-refractivity contribution in [3.8, 4) is 0 Å². The van der Waals surface area contributed by atoms with Crippen LogP contribution in [0.5, 0.6) is 0 Å². The van der Waals surface area contributed by atoms with Gasteiger partial charge in [-0.2, -0.15) is 0 Å². The summed E-state index contributed by atoms with van der Waals surface area (Å²) in [5.41, 5.74) is 0.664. The van der Waals surface area contributed by atoms with Gasteiger partial charge >= 0.3 is 5.97 Å². The number of imide groups is 1. The first-order valence-corrected chi connectivity index (χ1v) is 10.9. The number of rotatable bonds is 4. The summed E-state index contributed by atoms with van der Waals surface area (Å²) < 4.78 is 1.08. The smallest absolute Gasteiger partial charge is 0.329 e. The summed E-state index contributed by atoms with van der Waals surface area (Å²) in [6, 6.07) is 14.4. The Hall–Kier alpha value is -3.06. The zero-order chi connectivity index (χ0) is 20.7. The molecule has 0 bridgehead atoms. The number of hydrogen-bond donors (Lipinski definition) is 0. The first kappa shape index (κ1) is 18.9. The predicted molar refractivity (Wildman–Crippen MR) is 112 cm³/mol. The highest BCUT2D eigenvalue weighted by Gasteiger charge is 2.46. The third-order valence-corrected chi connectivity index (χ3v) is 7.04. The summed E-state index contributed by atoms with van der Waals surface area (Å²) in [6.45, 7) is 0. The van der Waals surface area contributed by atoms with E-state index in [9.17, 15) is 14.4 Å². The summed E-state index contributed by atoms with van der Waals surface area (Å²) in [6.07, 6.45) is 4.64. The second-order valence-electron chi connectivity index (χ2n) is 7.92. The molecule has 0 atom stereocenters. The molecule has 2 aliphatic rings. The fourth-order valence-corrected chi connectivity index (χ4v) is 5.51. The molecule has 152 valence electrons. The van der Waals surface area contributed by atoms with E-state index in [1.54, 1.807) is 35.6 Å². The van der Waals surface area contributed by atoms with Gasteiger partial charge in [-0.1, -0.05) is 48.6 Å². The Morgan fingerprint density at radius 3 is 2.27 bits per heavy atom. The third kappa shape index (κ3) is 3.10. The number of nitrogens with zero attached hydrogens (tertiary/aromatic N) is 2. The van der Waals surface area contributed by atoms with E-state index in [-0.39, 0.29) is 11.1 Å². The van der Waals surface area contributed by atoms with E-state index < -0.39 is 23.2 Å². The summed E-state index contributed by atoms with van der Waals surface area (Å²) in [5, 5.41) is 1.50. The highest BCUT2D eigenvalue weighted by molar-refractivity contribution is 7.18. The number of para-hydroxylation sites is 1. The van der Waals surface area contributed by atoms with E-state index >= 15 is 0 Å². The molecule has 0 spiro atoms. The first-order chi connectivity index (χ1) is 14.6. The van der Waals surface area contributed by atoms with Crippen molar-refractivity contribution in [2.45, 2.75) is 38.5 Å². The quantitative estimate of drug-likeness (QED) is 0.579. The van der Waals surface area contributed by atoms with Gasteiger partial charge in [0, 0.05) is 6.42 Å². The van der Waals surface area contributed by atoms with Crippen molar-refractivity contribution in [1.82, 2.24) is 10.0 Å². The minimum absolute atomic E-state index is 0.263. The predicted octanol–water partition coefficient (Wildman–Crippen LogP) is 4.54. The molecular weight excluding hydrogens is 400 g/mol. The lowest BCUT2D eigenvalue weighted by atomic mass is 9.72. The van der Waals surface area contributed by atoms with Crippen LogP contribution in [0.1, 0.15) is 57.8 Å². The zero-order valence-corrected chi connectivity index (χ0v) is 17.1. The molecule has 2 aromatic carbocycles. The fourth-order valence-electron chi connectivity index (χ4n) is 4.40. The lowest BCUT2D eigenvalue weighted by molar-refractivity contribution is -0.183. The van der Waals surface area contributed by atoms with Gasteiger partial charge in [0.15, 0.2) is 0 Å². The molecule has 0 unspecified atom stereocenters. The van der Waals surface area contributed by atoms with Gasteiger partial charge < -0.3 is 4.84 Å². The second-order valence-corrected chi connectivity index (χ2v) is 9.04. The molecular formula is C23H20N2O4S. The average molecular weight is 420 g/mol. The maximum atomic E-state index is 13.3. The monoisotopic (exact) mass is 420 g/mol. The Kier molecular flexibility index (Phi) is 4.62. The molecule has 2 heterocycles. The lowest BCUT2D eigenvalue weighted by Crippen LogP contribution is -2.43. The van der Waals surface area contributed by atoms with Crippen LogP contribution in [0.25, 0.3) is 10.2 Å². The number of thiazole rings is 1. The van der Waals surface area contributed by atoms with Crippen LogP contribution in [0, 0.1) is 5.41 Å². The Bertz CT molecular complexity index is 1090. The molecule has 0 saturated heterocycles. The summed E-state index contributed by atoms with van der Waals surface area (Å²) >= 11 is 1.57. The summed E-state index contributed by atoms with van der Waals surface area (Å²) in [5.74, 6) is -1.69. The molecule has 2 amide bonds. The third-order valence-electron chi connectivity index (χ3n) is 6.00. The average Bonchev–Trinajstić information content (AvgIpc) is 3.28. The molecule has 1 fully saturated rings. The molecule has 1 aliphatic carbocycles. The Balaban J connectivity index is 1.42. The number of hydroxylamine groups is 2. The van der Waals surface area contributed by atoms with E-state index in [2.05, 4.69) is 0 Å². The van der Waals surface area contributed by atoms with Crippen molar-refractivity contribution in [3.05, 3.63) is 64.7 Å². The highest BCUT2D eigenvalue weighted by Crippen LogP contribution is 2.42. The van der Waals surface area contributed by atoms with E-state index in [1.165, 1.54) is 0 Å². The van der Waals surface area contributed by atoms with Crippen molar-refractivity contribution in [3.63, 3.8) is 0 Å². The molecule has 1 aliphatic heterocycles. The lowest BCUT2D eigenvalue weighted by Gasteiger charge is -2.34. The normalized spacial score (nSPS) is 17.9. The molecule has 5 rings (SSSR count). The number of benzene rings is 2. The molecule has 6 nitrogen and oxygen atoms in total. The van der Waals surface area contributed by atoms with Crippen molar-refractivity contribution in [2.75, 3.05) is 0 Å². The number of amides is 2. The van der Waals surface area contributed by atoms with Crippen molar-refractivity contribution < 1.29 is 19.2 Å². The summed E-state index contributed by atoms with van der Waals surface area (Å²) in [7, 11) is 0. The van der Waals surface area contributed by atoms with Crippen LogP contribution in [0.4, 0.5) is 0 Å². The molecule has 30 heavy (non-hydrogen) atoms. The van der Waals surface area contributed by atoms with Crippen LogP contribution in [0.2, 0.25) is 0 Å². The highest BCUT2D eigenvalue weighted by atomic mass is 32.1. The topological polar surface area (TPSA) is 76.6 Å². The molecule has 0 N–H and O–H groups in total. The molecule has 1 aromatic heterocycles. The van der Waals surface area contributed by atoms with Gasteiger partial charge in [-0.05, 0) is 37.1 Å². The molecule has 7 heteroatoms. The number of aromatic nitrogens is 1. The van der Waals surface area contributed by atoms with Crippen LogP contribution in [-0.4, -0.2) is 27.8 Å². The minimum atomic E-state index is -0.776.